The molecule has 0 aliphatic carbocycles. The van der Waals surface area contributed by atoms with Crippen LogP contribution in [0.2, 0.25) is 0 Å². The van der Waals surface area contributed by atoms with E-state index in [-0.39, 0.29) is 16.9 Å². The van der Waals surface area contributed by atoms with Crippen LogP contribution in [0.5, 0.6) is 0 Å². The average molecular weight is 294 g/mol. The fraction of sp³-hybridized carbons (Fsp3) is 0.500. The summed E-state index contributed by atoms with van der Waals surface area (Å²) in [6.07, 6.45) is 0.871. The summed E-state index contributed by atoms with van der Waals surface area (Å²) in [6, 6.07) is 6.39. The lowest BCUT2D eigenvalue weighted by atomic mass is 10.0. The van der Waals surface area contributed by atoms with E-state index >= 15 is 0 Å². The molecule has 0 radical (unpaired) electrons. The fourth-order valence-corrected chi connectivity index (χ4v) is 3.68. The second-order valence-corrected chi connectivity index (χ2v) is 6.84. The summed E-state index contributed by atoms with van der Waals surface area (Å²) in [5.74, 6) is 0.212. The van der Waals surface area contributed by atoms with Gasteiger partial charge in [0.2, 0.25) is 10.0 Å². The lowest BCUT2D eigenvalue weighted by Gasteiger charge is -2.19. The molecule has 2 rings (SSSR count). The Bertz CT molecular complexity index is 628. The highest BCUT2D eigenvalue weighted by atomic mass is 32.2. The maximum Gasteiger partial charge on any atom is 0.240 e. The zero-order valence-corrected chi connectivity index (χ0v) is 12.4. The van der Waals surface area contributed by atoms with Crippen LogP contribution in [0, 0.1) is 24.2 Å². The van der Waals surface area contributed by atoms with Crippen LogP contribution < -0.4 is 4.72 Å². The number of hydrogen-bond donors (Lipinski definition) is 1. The zero-order valence-electron chi connectivity index (χ0n) is 11.6. The predicted molar refractivity (Wildman–Crippen MR) is 74.6 cm³/mol. The van der Waals surface area contributed by atoms with Gasteiger partial charge in [0.1, 0.15) is 0 Å². The molecule has 1 aromatic carbocycles. The van der Waals surface area contributed by atoms with Crippen molar-refractivity contribution in [2.45, 2.75) is 31.2 Å². The monoisotopic (exact) mass is 294 g/mol. The maximum absolute atomic E-state index is 12.3. The van der Waals surface area contributed by atoms with Gasteiger partial charge in [-0.3, -0.25) is 0 Å². The molecule has 5 nitrogen and oxygen atoms in total. The Morgan fingerprint density at radius 3 is 2.80 bits per heavy atom. The molecule has 0 saturated carbocycles. The number of sulfonamides is 1. The largest absolute Gasteiger partial charge is 0.381 e. The van der Waals surface area contributed by atoms with E-state index < -0.39 is 10.0 Å². The second kappa shape index (κ2) is 5.92. The molecule has 1 N–H and O–H groups in total. The van der Waals surface area contributed by atoms with Gasteiger partial charge in [0.25, 0.3) is 0 Å². The third-order valence-electron chi connectivity index (χ3n) is 3.64. The van der Waals surface area contributed by atoms with Crippen molar-refractivity contribution in [2.75, 3.05) is 13.2 Å². The van der Waals surface area contributed by atoms with Crippen LogP contribution in [-0.4, -0.2) is 27.7 Å². The number of rotatable bonds is 4. The molecule has 6 heteroatoms. The van der Waals surface area contributed by atoms with E-state index in [1.165, 1.54) is 18.2 Å². The van der Waals surface area contributed by atoms with E-state index in [0.29, 0.717) is 24.3 Å². The van der Waals surface area contributed by atoms with Crippen LogP contribution in [0.4, 0.5) is 0 Å². The molecule has 1 fully saturated rings. The van der Waals surface area contributed by atoms with Crippen LogP contribution in [-0.2, 0) is 14.8 Å². The van der Waals surface area contributed by atoms with Crippen molar-refractivity contribution in [1.29, 1.82) is 5.26 Å². The van der Waals surface area contributed by atoms with Gasteiger partial charge in [0.05, 0.1) is 23.1 Å². The highest BCUT2D eigenvalue weighted by molar-refractivity contribution is 7.89. The van der Waals surface area contributed by atoms with E-state index in [0.717, 1.165) is 6.42 Å². The van der Waals surface area contributed by atoms with Crippen molar-refractivity contribution in [1.82, 2.24) is 4.72 Å². The first kappa shape index (κ1) is 15.0. The number of ether oxygens (including phenoxy) is 1. The summed E-state index contributed by atoms with van der Waals surface area (Å²) in [4.78, 5) is 0.194. The van der Waals surface area contributed by atoms with Crippen molar-refractivity contribution in [3.63, 3.8) is 0 Å². The summed E-state index contributed by atoms with van der Waals surface area (Å²) in [7, 11) is -3.56. The van der Waals surface area contributed by atoms with Gasteiger partial charge in [-0.15, -0.1) is 0 Å². The van der Waals surface area contributed by atoms with Gasteiger partial charge in [-0.25, -0.2) is 13.1 Å². The minimum atomic E-state index is -3.56. The van der Waals surface area contributed by atoms with E-state index in [2.05, 4.69) is 4.72 Å². The van der Waals surface area contributed by atoms with Gasteiger partial charge in [-0.05, 0) is 44.0 Å². The molecule has 1 heterocycles. The normalized spacial score (nSPS) is 20.6. The molecular weight excluding hydrogens is 276 g/mol. The van der Waals surface area contributed by atoms with E-state index in [9.17, 15) is 8.42 Å². The number of benzene rings is 1. The summed E-state index contributed by atoms with van der Waals surface area (Å²) in [6.45, 7) is 4.86. The Balaban J connectivity index is 2.18. The first-order chi connectivity index (χ1) is 9.44. The average Bonchev–Trinajstić information content (AvgIpc) is 2.92. The number of hydrogen-bond acceptors (Lipinski definition) is 4. The molecule has 2 atom stereocenters. The molecule has 0 bridgehead atoms. The van der Waals surface area contributed by atoms with E-state index in [1.807, 2.05) is 13.0 Å². The molecule has 0 spiro atoms. The van der Waals surface area contributed by atoms with Gasteiger partial charge in [0, 0.05) is 18.6 Å². The third-order valence-corrected chi connectivity index (χ3v) is 5.20. The first-order valence-corrected chi connectivity index (χ1v) is 8.03. The minimum Gasteiger partial charge on any atom is -0.381 e. The summed E-state index contributed by atoms with van der Waals surface area (Å²) in [5.41, 5.74) is 1.15. The fourth-order valence-electron chi connectivity index (χ4n) is 2.28. The number of aryl methyl sites for hydroxylation is 1. The molecule has 108 valence electrons. The molecular formula is C14H18N2O3S. The van der Waals surface area contributed by atoms with Gasteiger partial charge >= 0.3 is 0 Å². The topological polar surface area (TPSA) is 79.2 Å². The van der Waals surface area contributed by atoms with Crippen LogP contribution in [0.15, 0.2) is 23.1 Å². The first-order valence-electron chi connectivity index (χ1n) is 6.55. The highest BCUT2D eigenvalue weighted by Crippen LogP contribution is 2.20. The van der Waals surface area contributed by atoms with Gasteiger partial charge in [0.15, 0.2) is 0 Å². The molecule has 1 aliphatic heterocycles. The Hall–Kier alpha value is -1.42. The van der Waals surface area contributed by atoms with Crippen LogP contribution in [0.25, 0.3) is 0 Å². The van der Waals surface area contributed by atoms with Crippen LogP contribution >= 0.6 is 0 Å². The lowest BCUT2D eigenvalue weighted by molar-refractivity contribution is 0.180. The second-order valence-electron chi connectivity index (χ2n) is 5.12. The highest BCUT2D eigenvalue weighted by Gasteiger charge is 2.26. The molecule has 0 aromatic heterocycles. The lowest BCUT2D eigenvalue weighted by Crippen LogP contribution is -2.38. The molecule has 0 amide bonds. The standard InChI is InChI=1S/C14H18N2O3S/c1-10-7-14(4-3-12(10)8-15)20(17,18)16-11(2)13-5-6-19-9-13/h3-4,7,11,13,16H,5-6,9H2,1-2H3. The van der Waals surface area contributed by atoms with Crippen molar-refractivity contribution < 1.29 is 13.2 Å². The summed E-state index contributed by atoms with van der Waals surface area (Å²) >= 11 is 0. The summed E-state index contributed by atoms with van der Waals surface area (Å²) < 4.78 is 32.6. The van der Waals surface area contributed by atoms with E-state index in [4.69, 9.17) is 10.00 Å². The quantitative estimate of drug-likeness (QED) is 0.914. The molecule has 1 aliphatic rings. The third kappa shape index (κ3) is 3.18. The molecule has 1 saturated heterocycles. The minimum absolute atomic E-state index is 0.168. The van der Waals surface area contributed by atoms with Gasteiger partial charge < -0.3 is 4.74 Å². The Labute approximate surface area is 119 Å². The number of nitriles is 1. The van der Waals surface area contributed by atoms with Crippen molar-refractivity contribution >= 4 is 10.0 Å². The van der Waals surface area contributed by atoms with Crippen LogP contribution in [0.3, 0.4) is 0 Å². The van der Waals surface area contributed by atoms with Crippen molar-refractivity contribution in [3.8, 4) is 6.07 Å². The molecule has 1 aromatic rings. The molecule has 2 unspecified atom stereocenters. The van der Waals surface area contributed by atoms with Crippen molar-refractivity contribution in [3.05, 3.63) is 29.3 Å². The number of nitrogens with zero attached hydrogens (tertiary/aromatic N) is 1. The maximum atomic E-state index is 12.3. The number of nitrogens with one attached hydrogen (secondary N) is 1. The predicted octanol–water partition coefficient (Wildman–Crippen LogP) is 1.57. The smallest absolute Gasteiger partial charge is 0.240 e. The van der Waals surface area contributed by atoms with Crippen LogP contribution in [0.1, 0.15) is 24.5 Å². The molecule has 20 heavy (non-hydrogen) atoms. The Kier molecular flexibility index (Phi) is 4.43. The Morgan fingerprint density at radius 2 is 2.25 bits per heavy atom. The van der Waals surface area contributed by atoms with Gasteiger partial charge in [-0.1, -0.05) is 0 Å². The zero-order chi connectivity index (χ0) is 14.8. The van der Waals surface area contributed by atoms with E-state index in [1.54, 1.807) is 6.92 Å². The summed E-state index contributed by atoms with van der Waals surface area (Å²) in [5, 5.41) is 8.87. The Morgan fingerprint density at radius 1 is 1.50 bits per heavy atom. The van der Waals surface area contributed by atoms with Crippen molar-refractivity contribution in [2.24, 2.45) is 5.92 Å². The SMILES string of the molecule is Cc1cc(S(=O)(=O)NC(C)C2CCOC2)ccc1C#N. The van der Waals surface area contributed by atoms with Gasteiger partial charge in [-0.2, -0.15) is 5.26 Å².